The number of nitrogens with two attached hydrogens (primary N) is 2. The number of halogens is 2. The van der Waals surface area contributed by atoms with E-state index in [0.717, 1.165) is 0 Å². The van der Waals surface area contributed by atoms with Gasteiger partial charge in [-0.25, -0.2) is 4.79 Å². The molecule has 0 unspecified atom stereocenters. The van der Waals surface area contributed by atoms with E-state index in [0.29, 0.717) is 0 Å². The third kappa shape index (κ3) is 3.97. The number of hydrogen-bond donors (Lipinski definition) is 3. The Kier molecular flexibility index (Phi) is 5.06. The second-order valence-corrected chi connectivity index (χ2v) is 4.07. The van der Waals surface area contributed by atoms with Crippen LogP contribution >= 0.6 is 23.2 Å². The lowest BCUT2D eigenvalue weighted by Gasteiger charge is -2.07. The van der Waals surface area contributed by atoms with Gasteiger partial charge in [0, 0.05) is 5.56 Å². The molecule has 6 nitrogen and oxygen atoms in total. The number of ether oxygens (including phenoxy) is 1. The lowest BCUT2D eigenvalue weighted by atomic mass is 10.2. The van der Waals surface area contributed by atoms with Crippen molar-refractivity contribution in [1.82, 2.24) is 5.32 Å². The summed E-state index contributed by atoms with van der Waals surface area (Å²) in [5.41, 5.74) is 10.8. The standard InChI is InChI=1S/C10H11Cl2N3O3/c11-6-3-5(4-7(13)8(6)12)9(16)15-1-2-18-10(14)17/h3-4H,1-2,13H2,(H2,14,17)(H,15,16). The fourth-order valence-corrected chi connectivity index (χ4v) is 1.50. The van der Waals surface area contributed by atoms with Gasteiger partial charge in [-0.2, -0.15) is 0 Å². The molecule has 0 heterocycles. The second-order valence-electron chi connectivity index (χ2n) is 3.28. The predicted octanol–water partition coefficient (Wildman–Crippen LogP) is 1.40. The smallest absolute Gasteiger partial charge is 0.404 e. The molecule has 0 aromatic heterocycles. The van der Waals surface area contributed by atoms with Crippen LogP contribution in [-0.2, 0) is 4.74 Å². The van der Waals surface area contributed by atoms with Crippen LogP contribution in [0.2, 0.25) is 10.0 Å². The van der Waals surface area contributed by atoms with Crippen LogP contribution in [0.15, 0.2) is 12.1 Å². The van der Waals surface area contributed by atoms with E-state index in [4.69, 9.17) is 34.7 Å². The molecule has 0 saturated heterocycles. The largest absolute Gasteiger partial charge is 0.448 e. The monoisotopic (exact) mass is 291 g/mol. The van der Waals surface area contributed by atoms with Gasteiger partial charge in [-0.05, 0) is 12.1 Å². The maximum Gasteiger partial charge on any atom is 0.404 e. The highest BCUT2D eigenvalue weighted by atomic mass is 35.5. The Morgan fingerprint density at radius 1 is 1.33 bits per heavy atom. The average molecular weight is 292 g/mol. The zero-order valence-electron chi connectivity index (χ0n) is 9.20. The number of rotatable bonds is 4. The molecule has 0 bridgehead atoms. The molecule has 1 aromatic rings. The van der Waals surface area contributed by atoms with E-state index in [1.54, 1.807) is 0 Å². The molecular formula is C10H11Cl2N3O3. The molecule has 0 radical (unpaired) electrons. The highest BCUT2D eigenvalue weighted by Gasteiger charge is 2.10. The lowest BCUT2D eigenvalue weighted by Crippen LogP contribution is -2.29. The van der Waals surface area contributed by atoms with Crippen LogP contribution < -0.4 is 16.8 Å². The molecule has 0 saturated carbocycles. The van der Waals surface area contributed by atoms with Crippen molar-refractivity contribution < 1.29 is 14.3 Å². The molecule has 0 atom stereocenters. The van der Waals surface area contributed by atoms with E-state index in [1.807, 2.05) is 0 Å². The summed E-state index contributed by atoms with van der Waals surface area (Å²) >= 11 is 11.5. The maximum atomic E-state index is 11.7. The molecule has 1 rings (SSSR count). The zero-order valence-corrected chi connectivity index (χ0v) is 10.7. The van der Waals surface area contributed by atoms with Gasteiger partial charge in [-0.3, -0.25) is 4.79 Å². The molecule has 18 heavy (non-hydrogen) atoms. The summed E-state index contributed by atoms with van der Waals surface area (Å²) in [6.45, 7) is 0.111. The van der Waals surface area contributed by atoms with Crippen molar-refractivity contribution in [3.05, 3.63) is 27.7 Å². The Hall–Kier alpha value is -1.66. The first kappa shape index (κ1) is 14.4. The fourth-order valence-electron chi connectivity index (χ4n) is 1.16. The fraction of sp³-hybridized carbons (Fsp3) is 0.200. The van der Waals surface area contributed by atoms with E-state index >= 15 is 0 Å². The van der Waals surface area contributed by atoms with Gasteiger partial charge < -0.3 is 21.5 Å². The summed E-state index contributed by atoms with van der Waals surface area (Å²) in [5, 5.41) is 2.89. The zero-order chi connectivity index (χ0) is 13.7. The summed E-state index contributed by atoms with van der Waals surface area (Å²) in [5.74, 6) is -0.409. The molecule has 8 heteroatoms. The van der Waals surface area contributed by atoms with Crippen LogP contribution in [0.5, 0.6) is 0 Å². The number of carbonyl (C=O) groups is 2. The first-order valence-corrected chi connectivity index (χ1v) is 5.62. The molecule has 1 aromatic carbocycles. The van der Waals surface area contributed by atoms with E-state index in [9.17, 15) is 9.59 Å². The minimum Gasteiger partial charge on any atom is -0.448 e. The van der Waals surface area contributed by atoms with Gasteiger partial charge in [0.05, 0.1) is 22.3 Å². The number of nitrogens with one attached hydrogen (secondary N) is 1. The van der Waals surface area contributed by atoms with E-state index in [-0.39, 0.29) is 34.4 Å². The van der Waals surface area contributed by atoms with Gasteiger partial charge in [-0.15, -0.1) is 0 Å². The molecule has 0 aliphatic carbocycles. The van der Waals surface area contributed by atoms with Gasteiger partial charge in [0.2, 0.25) is 0 Å². The summed E-state index contributed by atoms with van der Waals surface area (Å²) in [6.07, 6.45) is -0.900. The summed E-state index contributed by atoms with van der Waals surface area (Å²) in [7, 11) is 0. The van der Waals surface area contributed by atoms with Gasteiger partial charge in [0.25, 0.3) is 5.91 Å². The third-order valence-corrected chi connectivity index (χ3v) is 2.77. The van der Waals surface area contributed by atoms with Gasteiger partial charge in [0.1, 0.15) is 6.61 Å². The molecule has 0 spiro atoms. The Morgan fingerprint density at radius 3 is 2.56 bits per heavy atom. The average Bonchev–Trinajstić information content (AvgIpc) is 2.30. The van der Waals surface area contributed by atoms with Gasteiger partial charge in [0.15, 0.2) is 0 Å². The van der Waals surface area contributed by atoms with Crippen molar-refractivity contribution in [1.29, 1.82) is 0 Å². The van der Waals surface area contributed by atoms with E-state index in [1.165, 1.54) is 12.1 Å². The molecule has 2 amide bonds. The maximum absolute atomic E-state index is 11.7. The summed E-state index contributed by atoms with van der Waals surface area (Å²) in [4.78, 5) is 21.9. The number of anilines is 1. The van der Waals surface area contributed by atoms with E-state index in [2.05, 4.69) is 10.1 Å². The number of amides is 2. The lowest BCUT2D eigenvalue weighted by molar-refractivity contribution is 0.0937. The number of carbonyl (C=O) groups excluding carboxylic acids is 2. The van der Waals surface area contributed by atoms with Crippen LogP contribution in [0.3, 0.4) is 0 Å². The van der Waals surface area contributed by atoms with Crippen molar-refractivity contribution >= 4 is 40.9 Å². The van der Waals surface area contributed by atoms with Crippen molar-refractivity contribution in [2.75, 3.05) is 18.9 Å². The SMILES string of the molecule is NC(=O)OCCNC(=O)c1cc(N)c(Cl)c(Cl)c1. The second kappa shape index (κ2) is 6.32. The minimum absolute atomic E-state index is 0.0160. The van der Waals surface area contributed by atoms with Crippen LogP contribution in [-0.4, -0.2) is 25.2 Å². The van der Waals surface area contributed by atoms with Crippen molar-refractivity contribution in [2.24, 2.45) is 5.73 Å². The molecule has 0 aliphatic rings. The van der Waals surface area contributed by atoms with Crippen LogP contribution in [0, 0.1) is 0 Å². The highest BCUT2D eigenvalue weighted by molar-refractivity contribution is 6.43. The number of nitrogen functional groups attached to an aromatic ring is 1. The van der Waals surface area contributed by atoms with Crippen LogP contribution in [0.1, 0.15) is 10.4 Å². The van der Waals surface area contributed by atoms with Gasteiger partial charge >= 0.3 is 6.09 Å². The first-order valence-electron chi connectivity index (χ1n) is 4.86. The Labute approximate surface area is 113 Å². The predicted molar refractivity (Wildman–Crippen MR) is 68.7 cm³/mol. The number of hydrogen-bond acceptors (Lipinski definition) is 4. The molecule has 0 fully saturated rings. The molecule has 0 aliphatic heterocycles. The summed E-state index contributed by atoms with van der Waals surface area (Å²) < 4.78 is 4.45. The van der Waals surface area contributed by atoms with Crippen LogP contribution in [0.4, 0.5) is 10.5 Å². The normalized spacial score (nSPS) is 9.89. The quantitative estimate of drug-likeness (QED) is 0.575. The Bertz CT molecular complexity index is 456. The molecule has 5 N–H and O–H groups in total. The van der Waals surface area contributed by atoms with Crippen LogP contribution in [0.25, 0.3) is 0 Å². The topological polar surface area (TPSA) is 107 Å². The minimum atomic E-state index is -0.900. The number of primary amides is 1. The summed E-state index contributed by atoms with van der Waals surface area (Å²) in [6, 6.07) is 2.79. The Morgan fingerprint density at radius 2 is 2.00 bits per heavy atom. The van der Waals surface area contributed by atoms with Crippen molar-refractivity contribution in [2.45, 2.75) is 0 Å². The van der Waals surface area contributed by atoms with E-state index < -0.39 is 12.0 Å². The number of benzene rings is 1. The third-order valence-electron chi connectivity index (χ3n) is 1.95. The molecular weight excluding hydrogens is 281 g/mol. The first-order chi connectivity index (χ1) is 8.41. The van der Waals surface area contributed by atoms with Crippen molar-refractivity contribution in [3.8, 4) is 0 Å². The molecule has 98 valence electrons. The van der Waals surface area contributed by atoms with Gasteiger partial charge in [-0.1, -0.05) is 23.2 Å². The van der Waals surface area contributed by atoms with Crippen molar-refractivity contribution in [3.63, 3.8) is 0 Å². The highest BCUT2D eigenvalue weighted by Crippen LogP contribution is 2.29. The Balaban J connectivity index is 2.59.